The largest absolute Gasteiger partial charge is 0.403 e. The van der Waals surface area contributed by atoms with Crippen LogP contribution in [0.3, 0.4) is 0 Å². The van der Waals surface area contributed by atoms with Crippen molar-refractivity contribution in [2.75, 3.05) is 7.05 Å². The van der Waals surface area contributed by atoms with Gasteiger partial charge in [0.1, 0.15) is 0 Å². The highest BCUT2D eigenvalue weighted by molar-refractivity contribution is 6.88. The maximum atomic E-state index is 11.4. The van der Waals surface area contributed by atoms with Crippen LogP contribution in [0.15, 0.2) is 36.5 Å². The Kier molecular flexibility index (Phi) is 6.63. The predicted octanol–water partition coefficient (Wildman–Crippen LogP) is 1.23. The van der Waals surface area contributed by atoms with E-state index in [1.165, 1.54) is 12.1 Å². The van der Waals surface area contributed by atoms with E-state index in [2.05, 4.69) is 6.58 Å². The predicted molar refractivity (Wildman–Crippen MR) is 62.0 cm³/mol. The van der Waals surface area contributed by atoms with E-state index in [-0.39, 0.29) is 5.91 Å². The van der Waals surface area contributed by atoms with Crippen molar-refractivity contribution in [3.8, 4) is 0 Å². The second-order valence-electron chi connectivity index (χ2n) is 2.79. The maximum Gasteiger partial charge on any atom is 0.213 e. The number of hydrogen-bond donors (Lipinski definition) is 0. The van der Waals surface area contributed by atoms with Crippen molar-refractivity contribution in [2.24, 2.45) is 0 Å². The lowest BCUT2D eigenvalue weighted by Crippen LogP contribution is -2.30. The minimum atomic E-state index is -0.0330. The Morgan fingerprint density at radius 1 is 1.64 bits per heavy atom. The molecule has 0 aliphatic heterocycles. The summed E-state index contributed by atoms with van der Waals surface area (Å²) in [6, 6.07) is 0. The monoisotopic (exact) mass is 186 g/mol. The fraction of sp³-hybridized carbons (Fsp3) is 0.300. The second-order valence-corrected chi connectivity index (χ2v) is 2.79. The summed E-state index contributed by atoms with van der Waals surface area (Å²) in [7, 11) is 8.11. The van der Waals surface area contributed by atoms with Crippen molar-refractivity contribution >= 4 is 20.9 Å². The Labute approximate surface area is 88.0 Å². The third-order valence-electron chi connectivity index (χ3n) is 1.79. The molecular formula is C10H14B2NO. The van der Waals surface area contributed by atoms with Crippen molar-refractivity contribution in [1.29, 1.82) is 0 Å². The van der Waals surface area contributed by atoms with Crippen LogP contribution in [0.25, 0.3) is 0 Å². The third kappa shape index (κ3) is 4.75. The quantitative estimate of drug-likeness (QED) is 0.466. The summed E-state index contributed by atoms with van der Waals surface area (Å²) in [6.07, 6.45) is 7.57. The number of carbonyl (C=O) groups excluding carboxylic acids is 1. The highest BCUT2D eigenvalue weighted by Gasteiger charge is 2.06. The Balaban J connectivity index is 4.27. The number of hydrogen-bond acceptors (Lipinski definition) is 1. The Morgan fingerprint density at radius 2 is 2.29 bits per heavy atom. The number of carbonyl (C=O) groups is 1. The van der Waals surface area contributed by atoms with Gasteiger partial charge in [-0.2, -0.15) is 0 Å². The highest BCUT2D eigenvalue weighted by atomic mass is 16.2. The summed E-state index contributed by atoms with van der Waals surface area (Å²) < 4.78 is 0. The molecule has 0 heterocycles. The van der Waals surface area contributed by atoms with E-state index in [9.17, 15) is 4.79 Å². The SMILES string of the molecule is [B][B]N(C)C(=O)CC(/C=C\C=C)=C/C. The minimum absolute atomic E-state index is 0.0330. The summed E-state index contributed by atoms with van der Waals surface area (Å²) in [5.74, 6) is -0.0330. The lowest BCUT2D eigenvalue weighted by Gasteiger charge is -2.14. The van der Waals surface area contributed by atoms with E-state index in [1.807, 2.05) is 19.1 Å². The topological polar surface area (TPSA) is 20.3 Å². The van der Waals surface area contributed by atoms with E-state index < -0.39 is 0 Å². The average Bonchev–Trinajstić information content (AvgIpc) is 2.22. The Morgan fingerprint density at radius 3 is 2.71 bits per heavy atom. The van der Waals surface area contributed by atoms with Crippen molar-refractivity contribution in [2.45, 2.75) is 13.3 Å². The third-order valence-corrected chi connectivity index (χ3v) is 1.79. The van der Waals surface area contributed by atoms with E-state index in [1.54, 1.807) is 19.2 Å². The molecule has 71 valence electrons. The van der Waals surface area contributed by atoms with Crippen LogP contribution in [0.2, 0.25) is 0 Å². The van der Waals surface area contributed by atoms with Gasteiger partial charge in [0.15, 0.2) is 7.31 Å². The molecule has 0 spiro atoms. The molecule has 2 nitrogen and oxygen atoms in total. The summed E-state index contributed by atoms with van der Waals surface area (Å²) in [4.78, 5) is 12.8. The molecule has 0 saturated carbocycles. The number of amides is 1. The molecule has 4 heteroatoms. The van der Waals surface area contributed by atoms with Gasteiger partial charge in [-0.3, -0.25) is 4.79 Å². The molecule has 0 aromatic heterocycles. The second kappa shape index (κ2) is 7.25. The van der Waals surface area contributed by atoms with Crippen LogP contribution in [0.1, 0.15) is 13.3 Å². The van der Waals surface area contributed by atoms with E-state index >= 15 is 0 Å². The zero-order chi connectivity index (χ0) is 11.0. The van der Waals surface area contributed by atoms with Gasteiger partial charge in [-0.1, -0.05) is 30.9 Å². The zero-order valence-electron chi connectivity index (χ0n) is 8.73. The lowest BCUT2D eigenvalue weighted by atomic mass is 9.65. The molecule has 0 aromatic carbocycles. The van der Waals surface area contributed by atoms with Gasteiger partial charge in [0.05, 0.1) is 6.42 Å². The van der Waals surface area contributed by atoms with Crippen LogP contribution in [0.5, 0.6) is 0 Å². The molecule has 14 heavy (non-hydrogen) atoms. The first-order valence-electron chi connectivity index (χ1n) is 4.40. The molecule has 0 aliphatic carbocycles. The van der Waals surface area contributed by atoms with Gasteiger partial charge in [0.25, 0.3) is 0 Å². The van der Waals surface area contributed by atoms with Crippen molar-refractivity contribution in [3.63, 3.8) is 0 Å². The Hall–Kier alpha value is -1.18. The zero-order valence-corrected chi connectivity index (χ0v) is 8.73. The number of nitrogens with zero attached hydrogens (tertiary/aromatic N) is 1. The van der Waals surface area contributed by atoms with Gasteiger partial charge >= 0.3 is 0 Å². The van der Waals surface area contributed by atoms with E-state index in [4.69, 9.17) is 7.74 Å². The number of allylic oxidation sites excluding steroid dienone is 4. The molecule has 0 saturated heterocycles. The van der Waals surface area contributed by atoms with Gasteiger partial charge in [0.2, 0.25) is 5.91 Å². The minimum Gasteiger partial charge on any atom is -0.403 e. The van der Waals surface area contributed by atoms with Crippen molar-refractivity contribution in [1.82, 2.24) is 4.81 Å². The summed E-state index contributed by atoms with van der Waals surface area (Å²) in [5, 5.41) is 0. The molecule has 0 bridgehead atoms. The van der Waals surface area contributed by atoms with Gasteiger partial charge in [-0.05, 0) is 19.5 Å². The number of rotatable bonds is 5. The molecular weight excluding hydrogens is 172 g/mol. The molecule has 3 radical (unpaired) electrons. The molecule has 0 rings (SSSR count). The summed E-state index contributed by atoms with van der Waals surface area (Å²) in [5.41, 5.74) is 0.948. The molecule has 0 aliphatic rings. The molecule has 0 aromatic rings. The maximum absolute atomic E-state index is 11.4. The van der Waals surface area contributed by atoms with Crippen LogP contribution in [0.4, 0.5) is 0 Å². The van der Waals surface area contributed by atoms with Gasteiger partial charge in [0, 0.05) is 7.74 Å². The standard InChI is InChI=1S/C10H14B2NO/c1-4-6-7-9(5-2)8-10(14)13(3)12-11/h4-7H,1,8H2,2-3H3/b7-6-,9-5+. The summed E-state index contributed by atoms with van der Waals surface area (Å²) in [6.45, 7) is 5.45. The van der Waals surface area contributed by atoms with Crippen LogP contribution < -0.4 is 0 Å². The molecule has 1 amide bonds. The molecule has 0 fully saturated rings. The highest BCUT2D eigenvalue weighted by Crippen LogP contribution is 2.05. The van der Waals surface area contributed by atoms with Gasteiger partial charge in [-0.25, -0.2) is 0 Å². The molecule has 0 atom stereocenters. The van der Waals surface area contributed by atoms with Crippen LogP contribution in [-0.4, -0.2) is 32.8 Å². The van der Waals surface area contributed by atoms with Gasteiger partial charge in [-0.15, -0.1) is 0 Å². The van der Waals surface area contributed by atoms with Crippen LogP contribution in [0, 0.1) is 0 Å². The first-order chi connectivity index (χ1) is 6.65. The summed E-state index contributed by atoms with van der Waals surface area (Å²) >= 11 is 0. The lowest BCUT2D eigenvalue weighted by molar-refractivity contribution is -0.125. The fourth-order valence-electron chi connectivity index (χ4n) is 0.831. The first kappa shape index (κ1) is 12.8. The van der Waals surface area contributed by atoms with E-state index in [0.29, 0.717) is 6.42 Å². The fourth-order valence-corrected chi connectivity index (χ4v) is 0.831. The molecule has 0 unspecified atom stereocenters. The smallest absolute Gasteiger partial charge is 0.213 e. The van der Waals surface area contributed by atoms with E-state index in [0.717, 1.165) is 5.57 Å². The average molecular weight is 186 g/mol. The van der Waals surface area contributed by atoms with Crippen LogP contribution in [-0.2, 0) is 4.79 Å². The Bertz CT molecular complexity index is 259. The van der Waals surface area contributed by atoms with Gasteiger partial charge < -0.3 is 4.81 Å². The molecule has 0 N–H and O–H groups in total. The van der Waals surface area contributed by atoms with Crippen molar-refractivity contribution < 1.29 is 4.79 Å². The first-order valence-corrected chi connectivity index (χ1v) is 4.40. The normalized spacial score (nSPS) is 11.4. The van der Waals surface area contributed by atoms with Crippen LogP contribution >= 0.6 is 0 Å². The van der Waals surface area contributed by atoms with Crippen molar-refractivity contribution in [3.05, 3.63) is 36.5 Å².